The van der Waals surface area contributed by atoms with Gasteiger partial charge in [-0.1, -0.05) is 30.9 Å². The van der Waals surface area contributed by atoms with E-state index < -0.39 is 0 Å². The predicted molar refractivity (Wildman–Crippen MR) is 95.0 cm³/mol. The van der Waals surface area contributed by atoms with Gasteiger partial charge in [0.25, 0.3) is 5.91 Å². The molecule has 2 fully saturated rings. The summed E-state index contributed by atoms with van der Waals surface area (Å²) in [6, 6.07) is 6.18. The van der Waals surface area contributed by atoms with E-state index in [1.54, 1.807) is 0 Å². The molecule has 2 aliphatic carbocycles. The number of carbonyl (C=O) groups is 1. The Morgan fingerprint density at radius 1 is 1.22 bits per heavy atom. The fourth-order valence-corrected chi connectivity index (χ4v) is 5.04. The first-order valence-electron chi connectivity index (χ1n) is 8.87. The van der Waals surface area contributed by atoms with Crippen LogP contribution in [0.5, 0.6) is 0 Å². The second-order valence-electron chi connectivity index (χ2n) is 6.99. The smallest absolute Gasteiger partial charge is 0.252 e. The summed E-state index contributed by atoms with van der Waals surface area (Å²) in [7, 11) is 0. The Kier molecular flexibility index (Phi) is 5.65. The molecule has 1 aromatic carbocycles. The molecule has 0 heterocycles. The molecule has 4 heteroatoms. The highest BCUT2D eigenvalue weighted by molar-refractivity contribution is 8.00. The number of aliphatic hydroxyl groups excluding tert-OH is 1. The van der Waals surface area contributed by atoms with Gasteiger partial charge in [0.1, 0.15) is 0 Å². The number of thioether (sulfide) groups is 1. The summed E-state index contributed by atoms with van der Waals surface area (Å²) in [5.74, 6) is 0.225. The zero-order chi connectivity index (χ0) is 16.2. The number of hydrogen-bond acceptors (Lipinski definition) is 3. The normalized spacial score (nSPS) is 25.0. The Balaban J connectivity index is 1.66. The maximum atomic E-state index is 12.6. The van der Waals surface area contributed by atoms with Gasteiger partial charge in [-0.3, -0.25) is 4.79 Å². The molecule has 0 radical (unpaired) electrons. The van der Waals surface area contributed by atoms with Gasteiger partial charge in [-0.05, 0) is 44.7 Å². The lowest BCUT2D eigenvalue weighted by atomic mass is 10.1. The van der Waals surface area contributed by atoms with Gasteiger partial charge in [0.2, 0.25) is 0 Å². The molecular formula is C19H27NO2S. The van der Waals surface area contributed by atoms with Crippen LogP contribution in [0.2, 0.25) is 0 Å². The van der Waals surface area contributed by atoms with E-state index in [2.05, 4.69) is 17.4 Å². The van der Waals surface area contributed by atoms with E-state index in [1.807, 2.05) is 24.8 Å². The van der Waals surface area contributed by atoms with Crippen LogP contribution in [-0.2, 0) is 0 Å². The molecule has 3 nitrogen and oxygen atoms in total. The lowest BCUT2D eigenvalue weighted by molar-refractivity contribution is 0.0914. The van der Waals surface area contributed by atoms with Crippen LogP contribution < -0.4 is 5.32 Å². The van der Waals surface area contributed by atoms with Crippen LogP contribution in [0.3, 0.4) is 0 Å². The van der Waals surface area contributed by atoms with Crippen molar-refractivity contribution >= 4 is 17.7 Å². The molecule has 2 N–H and O–H groups in total. The van der Waals surface area contributed by atoms with E-state index in [4.69, 9.17) is 0 Å². The number of carbonyl (C=O) groups excluding carboxylic acids is 1. The number of aryl methyl sites for hydroxylation is 1. The van der Waals surface area contributed by atoms with Crippen molar-refractivity contribution in [2.24, 2.45) is 5.92 Å². The van der Waals surface area contributed by atoms with Crippen molar-refractivity contribution < 1.29 is 9.90 Å². The Bertz CT molecular complexity index is 554. The topological polar surface area (TPSA) is 49.3 Å². The van der Waals surface area contributed by atoms with E-state index in [0.717, 1.165) is 35.3 Å². The van der Waals surface area contributed by atoms with Crippen LogP contribution in [0.25, 0.3) is 0 Å². The SMILES string of the molecule is Cc1ccc(SC2CCCC2)c(C(=O)NCC2CCCC2O)c1. The molecule has 2 atom stereocenters. The van der Waals surface area contributed by atoms with Crippen LogP contribution >= 0.6 is 11.8 Å². The molecule has 2 saturated carbocycles. The van der Waals surface area contributed by atoms with Gasteiger partial charge >= 0.3 is 0 Å². The second-order valence-corrected chi connectivity index (χ2v) is 8.33. The standard InChI is InChI=1S/C19H27NO2S/c1-13-9-10-18(23-15-6-2-3-7-15)16(11-13)19(22)20-12-14-5-4-8-17(14)21/h9-11,14-15,17,21H,2-8,12H2,1H3,(H,20,22). The molecule has 1 amide bonds. The Labute approximate surface area is 143 Å². The number of amides is 1. The number of aliphatic hydroxyl groups is 1. The average molecular weight is 333 g/mol. The first-order chi connectivity index (χ1) is 11.1. The molecule has 1 aromatic rings. The van der Waals surface area contributed by atoms with E-state index in [-0.39, 0.29) is 17.9 Å². The van der Waals surface area contributed by atoms with Gasteiger partial charge in [-0.25, -0.2) is 0 Å². The maximum absolute atomic E-state index is 12.6. The minimum Gasteiger partial charge on any atom is -0.393 e. The lowest BCUT2D eigenvalue weighted by Gasteiger charge is -2.17. The molecule has 23 heavy (non-hydrogen) atoms. The summed E-state index contributed by atoms with van der Waals surface area (Å²) in [5.41, 5.74) is 1.92. The minimum absolute atomic E-state index is 0.00768. The molecule has 0 spiro atoms. The quantitative estimate of drug-likeness (QED) is 0.858. The predicted octanol–water partition coefficient (Wildman–Crippen LogP) is 3.92. The fourth-order valence-electron chi connectivity index (χ4n) is 3.68. The van der Waals surface area contributed by atoms with Crippen molar-refractivity contribution in [2.75, 3.05) is 6.54 Å². The lowest BCUT2D eigenvalue weighted by Crippen LogP contribution is -2.32. The molecular weight excluding hydrogens is 306 g/mol. The molecule has 0 bridgehead atoms. The van der Waals surface area contributed by atoms with Crippen LogP contribution in [0.4, 0.5) is 0 Å². The van der Waals surface area contributed by atoms with Gasteiger partial charge in [-0.2, -0.15) is 0 Å². The minimum atomic E-state index is -0.250. The zero-order valence-corrected chi connectivity index (χ0v) is 14.7. The summed E-state index contributed by atoms with van der Waals surface area (Å²) in [6.07, 6.45) is 7.83. The summed E-state index contributed by atoms with van der Waals surface area (Å²) >= 11 is 1.86. The van der Waals surface area contributed by atoms with Crippen molar-refractivity contribution in [3.63, 3.8) is 0 Å². The van der Waals surface area contributed by atoms with Crippen LogP contribution in [-0.4, -0.2) is 28.9 Å². The third kappa shape index (κ3) is 4.30. The van der Waals surface area contributed by atoms with E-state index in [9.17, 15) is 9.90 Å². The zero-order valence-electron chi connectivity index (χ0n) is 13.9. The third-order valence-corrected chi connectivity index (χ3v) is 6.53. The molecule has 2 aliphatic rings. The van der Waals surface area contributed by atoms with Crippen molar-refractivity contribution in [1.29, 1.82) is 0 Å². The fraction of sp³-hybridized carbons (Fsp3) is 0.632. The summed E-state index contributed by atoms with van der Waals surface area (Å²) in [5, 5.41) is 13.6. The van der Waals surface area contributed by atoms with E-state index in [1.165, 1.54) is 25.7 Å². The van der Waals surface area contributed by atoms with Crippen molar-refractivity contribution in [2.45, 2.75) is 68.1 Å². The number of rotatable bonds is 5. The highest BCUT2D eigenvalue weighted by Crippen LogP contribution is 2.36. The second kappa shape index (κ2) is 7.71. The van der Waals surface area contributed by atoms with Gasteiger partial charge in [0.05, 0.1) is 11.7 Å². The summed E-state index contributed by atoms with van der Waals surface area (Å²) < 4.78 is 0. The first kappa shape index (κ1) is 16.8. The Hall–Kier alpha value is -1.00. The van der Waals surface area contributed by atoms with Gasteiger partial charge in [-0.15, -0.1) is 11.8 Å². The molecule has 0 aromatic heterocycles. The van der Waals surface area contributed by atoms with Crippen molar-refractivity contribution in [3.05, 3.63) is 29.3 Å². The van der Waals surface area contributed by atoms with Crippen LogP contribution in [0, 0.1) is 12.8 Å². The van der Waals surface area contributed by atoms with Crippen LogP contribution in [0.15, 0.2) is 23.1 Å². The molecule has 0 aliphatic heterocycles. The third-order valence-electron chi connectivity index (χ3n) is 5.12. The molecule has 3 rings (SSSR count). The highest BCUT2D eigenvalue weighted by atomic mass is 32.2. The average Bonchev–Trinajstić information content (AvgIpc) is 3.18. The molecule has 126 valence electrons. The molecule has 0 saturated heterocycles. The van der Waals surface area contributed by atoms with E-state index >= 15 is 0 Å². The van der Waals surface area contributed by atoms with Gasteiger partial charge in [0, 0.05) is 22.6 Å². The largest absolute Gasteiger partial charge is 0.393 e. The van der Waals surface area contributed by atoms with E-state index in [0.29, 0.717) is 11.8 Å². The number of benzene rings is 1. The number of hydrogen-bond donors (Lipinski definition) is 2. The summed E-state index contributed by atoms with van der Waals surface area (Å²) in [6.45, 7) is 2.61. The van der Waals surface area contributed by atoms with Crippen molar-refractivity contribution in [1.82, 2.24) is 5.32 Å². The Morgan fingerprint density at radius 2 is 2.00 bits per heavy atom. The highest BCUT2D eigenvalue weighted by Gasteiger charge is 2.26. The first-order valence-corrected chi connectivity index (χ1v) is 9.75. The van der Waals surface area contributed by atoms with Gasteiger partial charge in [0.15, 0.2) is 0 Å². The van der Waals surface area contributed by atoms with Crippen molar-refractivity contribution in [3.8, 4) is 0 Å². The summed E-state index contributed by atoms with van der Waals surface area (Å²) in [4.78, 5) is 13.8. The monoisotopic (exact) mass is 333 g/mol. The van der Waals surface area contributed by atoms with Gasteiger partial charge < -0.3 is 10.4 Å². The van der Waals surface area contributed by atoms with Crippen LogP contribution in [0.1, 0.15) is 60.9 Å². The molecule has 2 unspecified atom stereocenters. The number of nitrogens with one attached hydrogen (secondary N) is 1. The Morgan fingerprint density at radius 3 is 2.70 bits per heavy atom. The maximum Gasteiger partial charge on any atom is 0.252 e.